The van der Waals surface area contributed by atoms with Gasteiger partial charge in [0.05, 0.1) is 29.6 Å². The predicted molar refractivity (Wildman–Crippen MR) is 136 cm³/mol. The fraction of sp³-hybridized carbons (Fsp3) is 0.407. The summed E-state index contributed by atoms with van der Waals surface area (Å²) in [6, 6.07) is 11.7. The molecule has 36 heavy (non-hydrogen) atoms. The Hall–Kier alpha value is -2.45. The van der Waals surface area contributed by atoms with Crippen LogP contribution in [-0.4, -0.2) is 40.4 Å². The first-order chi connectivity index (χ1) is 17.5. The van der Waals surface area contributed by atoms with Gasteiger partial charge in [0.15, 0.2) is 5.69 Å². The minimum Gasteiger partial charge on any atom is -0.376 e. The number of benzene rings is 2. The van der Waals surface area contributed by atoms with E-state index >= 15 is 0 Å². The third kappa shape index (κ3) is 4.54. The summed E-state index contributed by atoms with van der Waals surface area (Å²) in [6.45, 7) is 2.50. The molecule has 1 amide bonds. The monoisotopic (exact) mass is 528 g/mol. The van der Waals surface area contributed by atoms with E-state index in [1.807, 2.05) is 11.1 Å². The van der Waals surface area contributed by atoms with E-state index < -0.39 is 0 Å². The summed E-state index contributed by atoms with van der Waals surface area (Å²) in [6.07, 6.45) is 4.36. The van der Waals surface area contributed by atoms with E-state index in [0.29, 0.717) is 46.3 Å². The third-order valence-electron chi connectivity index (χ3n) is 7.71. The second-order valence-corrected chi connectivity index (χ2v) is 10.9. The quantitative estimate of drug-likeness (QED) is 0.471. The second kappa shape index (κ2) is 9.78. The molecule has 0 radical (unpaired) electrons. The molecule has 6 rings (SSSR count). The Morgan fingerprint density at radius 3 is 2.58 bits per heavy atom. The summed E-state index contributed by atoms with van der Waals surface area (Å²) in [4.78, 5) is 13.5. The zero-order valence-corrected chi connectivity index (χ0v) is 21.2. The van der Waals surface area contributed by atoms with Crippen LogP contribution in [-0.2, 0) is 17.8 Å². The lowest BCUT2D eigenvalue weighted by Crippen LogP contribution is -2.41. The van der Waals surface area contributed by atoms with Gasteiger partial charge in [0.1, 0.15) is 5.82 Å². The number of ether oxygens (including phenoxy) is 1. The number of fused-ring (bicyclic) bond motifs is 2. The first kappa shape index (κ1) is 23.9. The molecule has 3 aromatic rings. The van der Waals surface area contributed by atoms with Crippen LogP contribution in [0.5, 0.6) is 0 Å². The average molecular weight is 529 g/mol. The number of hydrazine groups is 1. The lowest BCUT2D eigenvalue weighted by atomic mass is 9.91. The van der Waals surface area contributed by atoms with Crippen LogP contribution in [0.1, 0.15) is 52.5 Å². The zero-order chi connectivity index (χ0) is 24.8. The van der Waals surface area contributed by atoms with Gasteiger partial charge >= 0.3 is 0 Å². The van der Waals surface area contributed by atoms with Gasteiger partial charge in [-0.25, -0.2) is 14.1 Å². The molecule has 9 heteroatoms. The molecule has 3 unspecified atom stereocenters. The van der Waals surface area contributed by atoms with Crippen molar-refractivity contribution in [2.24, 2.45) is 11.8 Å². The topological polar surface area (TPSA) is 59.4 Å². The number of amides is 1. The molecule has 3 atom stereocenters. The minimum atomic E-state index is -0.276. The number of nitrogens with one attached hydrogen (secondary N) is 1. The van der Waals surface area contributed by atoms with Gasteiger partial charge in [-0.1, -0.05) is 41.8 Å². The van der Waals surface area contributed by atoms with Gasteiger partial charge in [-0.3, -0.25) is 10.2 Å². The fourth-order valence-corrected chi connectivity index (χ4v) is 6.50. The van der Waals surface area contributed by atoms with Crippen LogP contribution in [0, 0.1) is 17.7 Å². The Labute approximate surface area is 219 Å². The van der Waals surface area contributed by atoms with Crippen LogP contribution in [0.3, 0.4) is 0 Å². The summed E-state index contributed by atoms with van der Waals surface area (Å²) in [5.41, 5.74) is 6.72. The Morgan fingerprint density at radius 2 is 1.86 bits per heavy atom. The van der Waals surface area contributed by atoms with Crippen LogP contribution in [0.15, 0.2) is 42.5 Å². The van der Waals surface area contributed by atoms with Crippen molar-refractivity contribution in [3.63, 3.8) is 0 Å². The number of hydrogen-bond acceptors (Lipinski definition) is 4. The molecule has 6 nitrogen and oxygen atoms in total. The number of carbonyl (C=O) groups excluding carboxylic acids is 1. The van der Waals surface area contributed by atoms with Crippen LogP contribution < -0.4 is 5.43 Å². The fourth-order valence-electron chi connectivity index (χ4n) is 6.01. The Balaban J connectivity index is 1.36. The van der Waals surface area contributed by atoms with E-state index in [4.69, 9.17) is 33.0 Å². The molecular formula is C27H27Cl2FN4O2. The lowest BCUT2D eigenvalue weighted by molar-refractivity contribution is 0.0775. The van der Waals surface area contributed by atoms with Gasteiger partial charge in [0.25, 0.3) is 5.91 Å². The number of nitrogens with zero attached hydrogens (tertiary/aromatic N) is 3. The maximum atomic E-state index is 13.5. The molecule has 3 heterocycles. The summed E-state index contributed by atoms with van der Waals surface area (Å²) in [5, 5.41) is 7.79. The van der Waals surface area contributed by atoms with Gasteiger partial charge in [-0.15, -0.1) is 0 Å². The molecule has 1 aliphatic carbocycles. The predicted octanol–water partition coefficient (Wildman–Crippen LogP) is 5.55. The van der Waals surface area contributed by atoms with Gasteiger partial charge < -0.3 is 4.74 Å². The van der Waals surface area contributed by atoms with Gasteiger partial charge in [0, 0.05) is 29.6 Å². The molecule has 1 saturated carbocycles. The van der Waals surface area contributed by atoms with E-state index in [9.17, 15) is 9.18 Å². The molecule has 1 saturated heterocycles. The van der Waals surface area contributed by atoms with Crippen molar-refractivity contribution in [2.75, 3.05) is 19.7 Å². The molecule has 3 aliphatic rings. The summed E-state index contributed by atoms with van der Waals surface area (Å²) in [5.74, 6) is 0.718. The van der Waals surface area contributed by atoms with Crippen LogP contribution in [0.25, 0.3) is 5.69 Å². The molecule has 0 bridgehead atoms. The van der Waals surface area contributed by atoms with Crippen LogP contribution in [0.2, 0.25) is 10.0 Å². The van der Waals surface area contributed by atoms with Gasteiger partial charge in [-0.2, -0.15) is 5.10 Å². The highest BCUT2D eigenvalue weighted by Gasteiger charge is 2.38. The first-order valence-corrected chi connectivity index (χ1v) is 13.2. The Kier molecular flexibility index (Phi) is 6.50. The molecule has 2 fully saturated rings. The van der Waals surface area contributed by atoms with Crippen LogP contribution >= 0.6 is 23.2 Å². The van der Waals surface area contributed by atoms with Gasteiger partial charge in [0.2, 0.25) is 0 Å². The number of rotatable bonds is 5. The van der Waals surface area contributed by atoms with Crippen molar-refractivity contribution in [1.82, 2.24) is 20.2 Å². The van der Waals surface area contributed by atoms with Crippen molar-refractivity contribution < 1.29 is 13.9 Å². The lowest BCUT2D eigenvalue weighted by Gasteiger charge is -2.25. The molecule has 1 N–H and O–H groups in total. The van der Waals surface area contributed by atoms with E-state index in [-0.39, 0.29) is 24.2 Å². The average Bonchev–Trinajstić information content (AvgIpc) is 3.55. The molecule has 0 spiro atoms. The number of carbonyl (C=O) groups is 1. The number of halogens is 3. The first-order valence-electron chi connectivity index (χ1n) is 12.4. The highest BCUT2D eigenvalue weighted by molar-refractivity contribution is 6.35. The van der Waals surface area contributed by atoms with E-state index in [1.54, 1.807) is 28.9 Å². The molecule has 2 aliphatic heterocycles. The highest BCUT2D eigenvalue weighted by Crippen LogP contribution is 2.38. The standard InChI is InChI=1S/C27H27Cl2FN4O2/c28-20-6-9-24(23(29)11-20)34-26-19(10-16-4-7-21(30)8-5-16)14-36-15-22(26)25(31-34)27(35)32-33-12-17-2-1-3-18(17)13-33/h4-9,11,17-19H,1-3,10,12-15H2,(H,32,35). The summed E-state index contributed by atoms with van der Waals surface area (Å²) in [7, 11) is 0. The maximum Gasteiger partial charge on any atom is 0.286 e. The second-order valence-electron chi connectivity index (χ2n) is 10.1. The van der Waals surface area contributed by atoms with E-state index in [0.717, 1.165) is 29.9 Å². The Morgan fingerprint density at radius 1 is 1.11 bits per heavy atom. The molecule has 1 aromatic heterocycles. The maximum absolute atomic E-state index is 13.5. The number of aromatic nitrogens is 2. The third-order valence-corrected chi connectivity index (χ3v) is 8.25. The highest BCUT2D eigenvalue weighted by atomic mass is 35.5. The minimum absolute atomic E-state index is 0.0915. The smallest absolute Gasteiger partial charge is 0.286 e. The molecular weight excluding hydrogens is 502 g/mol. The number of hydrogen-bond donors (Lipinski definition) is 1. The zero-order valence-electron chi connectivity index (χ0n) is 19.7. The largest absolute Gasteiger partial charge is 0.376 e. The summed E-state index contributed by atoms with van der Waals surface area (Å²) < 4.78 is 21.2. The van der Waals surface area contributed by atoms with Crippen molar-refractivity contribution in [3.05, 3.63) is 80.8 Å². The normalized spacial score (nSPS) is 23.5. The van der Waals surface area contributed by atoms with Crippen molar-refractivity contribution in [2.45, 2.75) is 38.2 Å². The molecule has 188 valence electrons. The molecule has 2 aromatic carbocycles. The van der Waals surface area contributed by atoms with E-state index in [2.05, 4.69) is 5.43 Å². The van der Waals surface area contributed by atoms with Gasteiger partial charge in [-0.05, 0) is 67.0 Å². The van der Waals surface area contributed by atoms with Crippen LogP contribution in [0.4, 0.5) is 4.39 Å². The van der Waals surface area contributed by atoms with Crippen molar-refractivity contribution in [1.29, 1.82) is 0 Å². The SMILES string of the molecule is O=C(NN1CC2CCCC2C1)c1nn(-c2ccc(Cl)cc2Cl)c2c1COCC2Cc1ccc(F)cc1. The van der Waals surface area contributed by atoms with Crippen molar-refractivity contribution in [3.8, 4) is 5.69 Å². The van der Waals surface area contributed by atoms with Crippen molar-refractivity contribution >= 4 is 29.1 Å². The summed E-state index contributed by atoms with van der Waals surface area (Å²) >= 11 is 12.7. The Bertz CT molecular complexity index is 1280. The van der Waals surface area contributed by atoms with E-state index in [1.165, 1.54) is 31.4 Å².